The van der Waals surface area contributed by atoms with E-state index < -0.39 is 5.41 Å². The minimum absolute atomic E-state index is 0.108. The van der Waals surface area contributed by atoms with E-state index in [0.717, 1.165) is 29.9 Å². The first-order valence-corrected chi connectivity index (χ1v) is 11.2. The van der Waals surface area contributed by atoms with Crippen molar-refractivity contribution in [1.29, 1.82) is 0 Å². The van der Waals surface area contributed by atoms with Crippen molar-refractivity contribution in [3.8, 4) is 11.8 Å². The van der Waals surface area contributed by atoms with Crippen molar-refractivity contribution in [3.63, 3.8) is 0 Å². The van der Waals surface area contributed by atoms with Gasteiger partial charge in [-0.1, -0.05) is 47.3 Å². The van der Waals surface area contributed by atoms with Crippen molar-refractivity contribution in [2.24, 2.45) is 0 Å². The average molecular weight is 472 g/mol. The molecule has 0 bridgehead atoms. The Labute approximate surface area is 199 Å². The van der Waals surface area contributed by atoms with Crippen LogP contribution in [0.2, 0.25) is 10.0 Å². The lowest BCUT2D eigenvalue weighted by Crippen LogP contribution is -2.33. The van der Waals surface area contributed by atoms with Crippen LogP contribution in [0.25, 0.3) is 0 Å². The largest absolute Gasteiger partial charge is 0.380 e. The van der Waals surface area contributed by atoms with Gasteiger partial charge in [-0.3, -0.25) is 9.59 Å². The molecule has 1 N–H and O–H groups in total. The number of rotatable bonds is 2. The summed E-state index contributed by atoms with van der Waals surface area (Å²) in [6, 6.07) is 13.5. The molecule has 0 aliphatic carbocycles. The van der Waals surface area contributed by atoms with E-state index in [2.05, 4.69) is 17.2 Å². The molecule has 2 heterocycles. The maximum Gasteiger partial charge on any atom is 0.298 e. The summed E-state index contributed by atoms with van der Waals surface area (Å²) in [6.07, 6.45) is 0.897. The Morgan fingerprint density at radius 1 is 1.16 bits per heavy atom. The molecule has 0 spiro atoms. The van der Waals surface area contributed by atoms with Crippen LogP contribution >= 0.6 is 23.2 Å². The zero-order valence-corrected chi connectivity index (χ0v) is 20.2. The molecule has 0 aromatic heterocycles. The highest BCUT2D eigenvalue weighted by Gasteiger charge is 2.42. The van der Waals surface area contributed by atoms with Crippen LogP contribution in [-0.2, 0) is 15.0 Å². The van der Waals surface area contributed by atoms with E-state index in [1.165, 1.54) is 0 Å². The van der Waals surface area contributed by atoms with E-state index in [9.17, 15) is 9.59 Å². The highest BCUT2D eigenvalue weighted by Crippen LogP contribution is 2.42. The third-order valence-electron chi connectivity index (χ3n) is 5.77. The Kier molecular flexibility index (Phi) is 7.38. The smallest absolute Gasteiger partial charge is 0.298 e. The van der Waals surface area contributed by atoms with Crippen LogP contribution in [0.5, 0.6) is 0 Å². The summed E-state index contributed by atoms with van der Waals surface area (Å²) in [4.78, 5) is 27.7. The molecule has 0 radical (unpaired) electrons. The summed E-state index contributed by atoms with van der Waals surface area (Å²) in [7, 11) is 1.82. The number of amides is 2. The fourth-order valence-electron chi connectivity index (χ4n) is 3.99. The van der Waals surface area contributed by atoms with Crippen LogP contribution in [0, 0.1) is 11.8 Å². The first kappa shape index (κ1) is 24.0. The standard InChI is InChI=1S/C19H23N3O2.C6H4Cl2/c1-5-6-17(23)22-10-9-14(12-22)20-13-7-8-15-16(11-13)21(4)18(24)19(15,2)3;7-5-3-1-2-4-6(5)8/h7-8,11,14,20H,9-10,12H2,1-4H3;1-4H. The van der Waals surface area contributed by atoms with Gasteiger partial charge in [0.2, 0.25) is 5.91 Å². The Bertz CT molecular complexity index is 1070. The molecular weight excluding hydrogens is 445 g/mol. The topological polar surface area (TPSA) is 52.7 Å². The summed E-state index contributed by atoms with van der Waals surface area (Å²) in [6.45, 7) is 6.97. The van der Waals surface area contributed by atoms with E-state index >= 15 is 0 Å². The van der Waals surface area contributed by atoms with E-state index in [1.807, 2.05) is 51.2 Å². The third kappa shape index (κ3) is 5.03. The lowest BCUT2D eigenvalue weighted by molar-refractivity contribution is -0.124. The lowest BCUT2D eigenvalue weighted by Gasteiger charge is -2.17. The fraction of sp³-hybridized carbons (Fsp3) is 0.360. The number of halogens is 2. The molecule has 2 aliphatic rings. The number of likely N-dealkylation sites (tertiary alicyclic amines) is 1. The van der Waals surface area contributed by atoms with Crippen molar-refractivity contribution >= 4 is 46.4 Å². The second-order valence-electron chi connectivity index (χ2n) is 8.39. The third-order valence-corrected chi connectivity index (χ3v) is 6.53. The van der Waals surface area contributed by atoms with Gasteiger partial charge in [-0.2, -0.15) is 0 Å². The predicted molar refractivity (Wildman–Crippen MR) is 131 cm³/mol. The molecule has 1 unspecified atom stereocenters. The second kappa shape index (κ2) is 9.85. The van der Waals surface area contributed by atoms with Gasteiger partial charge in [-0.25, -0.2) is 0 Å². The quantitative estimate of drug-likeness (QED) is 0.628. The maximum atomic E-state index is 12.4. The van der Waals surface area contributed by atoms with Crippen molar-refractivity contribution in [3.05, 3.63) is 58.1 Å². The summed E-state index contributed by atoms with van der Waals surface area (Å²) in [5, 5.41) is 4.69. The number of anilines is 2. The number of fused-ring (bicyclic) bond motifs is 1. The van der Waals surface area contributed by atoms with Gasteiger partial charge < -0.3 is 15.1 Å². The highest BCUT2D eigenvalue weighted by molar-refractivity contribution is 6.41. The fourth-order valence-corrected chi connectivity index (χ4v) is 4.27. The molecule has 1 fully saturated rings. The highest BCUT2D eigenvalue weighted by atomic mass is 35.5. The molecule has 2 aromatic carbocycles. The van der Waals surface area contributed by atoms with Gasteiger partial charge >= 0.3 is 0 Å². The van der Waals surface area contributed by atoms with Gasteiger partial charge in [0.15, 0.2) is 0 Å². The Balaban J connectivity index is 0.000000305. The molecular formula is C25H27Cl2N3O2. The van der Waals surface area contributed by atoms with Crippen LogP contribution in [0.4, 0.5) is 11.4 Å². The van der Waals surface area contributed by atoms with Crippen LogP contribution in [0.1, 0.15) is 32.8 Å². The average Bonchev–Trinajstić information content (AvgIpc) is 3.29. The molecule has 2 aromatic rings. The minimum Gasteiger partial charge on any atom is -0.380 e. The molecule has 168 valence electrons. The van der Waals surface area contributed by atoms with Crippen molar-refractivity contribution in [2.75, 3.05) is 30.4 Å². The molecule has 0 saturated carbocycles. The maximum absolute atomic E-state index is 12.4. The van der Waals surface area contributed by atoms with Crippen molar-refractivity contribution < 1.29 is 9.59 Å². The number of nitrogens with one attached hydrogen (secondary N) is 1. The van der Waals surface area contributed by atoms with Crippen LogP contribution < -0.4 is 10.2 Å². The molecule has 4 rings (SSSR count). The molecule has 1 saturated heterocycles. The Hall–Kier alpha value is -2.68. The predicted octanol–water partition coefficient (Wildman–Crippen LogP) is 4.97. The van der Waals surface area contributed by atoms with Crippen LogP contribution in [0.15, 0.2) is 42.5 Å². The van der Waals surface area contributed by atoms with E-state index in [1.54, 1.807) is 28.9 Å². The number of hydrogen-bond acceptors (Lipinski definition) is 3. The monoisotopic (exact) mass is 471 g/mol. The van der Waals surface area contributed by atoms with Crippen LogP contribution in [0.3, 0.4) is 0 Å². The number of likely N-dealkylation sites (N-methyl/N-ethyl adjacent to an activating group) is 1. The van der Waals surface area contributed by atoms with E-state index in [0.29, 0.717) is 16.6 Å². The number of carbonyl (C=O) groups excluding carboxylic acids is 2. The van der Waals surface area contributed by atoms with Gasteiger partial charge in [-0.15, -0.1) is 0 Å². The summed E-state index contributed by atoms with van der Waals surface area (Å²) >= 11 is 11.2. The first-order chi connectivity index (χ1) is 15.1. The summed E-state index contributed by atoms with van der Waals surface area (Å²) < 4.78 is 0. The number of carbonyl (C=O) groups is 2. The molecule has 5 nitrogen and oxygen atoms in total. The van der Waals surface area contributed by atoms with Crippen molar-refractivity contribution in [2.45, 2.75) is 38.6 Å². The van der Waals surface area contributed by atoms with E-state index in [4.69, 9.17) is 23.2 Å². The summed E-state index contributed by atoms with van der Waals surface area (Å²) in [5.74, 6) is 5.25. The zero-order valence-electron chi connectivity index (χ0n) is 18.7. The summed E-state index contributed by atoms with van der Waals surface area (Å²) in [5.41, 5.74) is 2.52. The van der Waals surface area contributed by atoms with Gasteiger partial charge in [0, 0.05) is 37.6 Å². The first-order valence-electron chi connectivity index (χ1n) is 10.5. The molecule has 32 heavy (non-hydrogen) atoms. The van der Waals surface area contributed by atoms with Crippen molar-refractivity contribution in [1.82, 2.24) is 4.90 Å². The number of hydrogen-bond donors (Lipinski definition) is 1. The Morgan fingerprint density at radius 2 is 1.81 bits per heavy atom. The number of benzene rings is 2. The normalized spacial score (nSPS) is 18.3. The van der Waals surface area contributed by atoms with Gasteiger partial charge in [-0.05, 0) is 62.9 Å². The SMILES string of the molecule is CC#CC(=O)N1CCC(Nc2ccc3c(c2)N(C)C(=O)C3(C)C)C1.Clc1ccccc1Cl. The Morgan fingerprint density at radius 3 is 2.41 bits per heavy atom. The van der Waals surface area contributed by atoms with Gasteiger partial charge in [0.05, 0.1) is 15.5 Å². The number of nitrogens with zero attached hydrogens (tertiary/aromatic N) is 2. The van der Waals surface area contributed by atoms with E-state index in [-0.39, 0.29) is 17.9 Å². The lowest BCUT2D eigenvalue weighted by atomic mass is 9.86. The molecule has 7 heteroatoms. The molecule has 1 atom stereocenters. The minimum atomic E-state index is -0.474. The van der Waals surface area contributed by atoms with Gasteiger partial charge in [0.25, 0.3) is 5.91 Å². The molecule has 2 aliphatic heterocycles. The van der Waals surface area contributed by atoms with Gasteiger partial charge in [0.1, 0.15) is 0 Å². The zero-order chi connectivity index (χ0) is 23.5. The second-order valence-corrected chi connectivity index (χ2v) is 9.21. The molecule has 2 amide bonds. The van der Waals surface area contributed by atoms with Crippen LogP contribution in [-0.4, -0.2) is 42.9 Å².